The third-order valence-corrected chi connectivity index (χ3v) is 3.64. The topological polar surface area (TPSA) is 41.1 Å². The molecule has 0 aromatic heterocycles. The van der Waals surface area contributed by atoms with Crippen molar-refractivity contribution in [1.29, 1.82) is 0 Å². The van der Waals surface area contributed by atoms with E-state index >= 15 is 0 Å². The lowest BCUT2D eigenvalue weighted by Gasteiger charge is -2.07. The first kappa shape index (κ1) is 15.5. The lowest BCUT2D eigenvalue weighted by Crippen LogP contribution is -2.36. The van der Waals surface area contributed by atoms with Crippen molar-refractivity contribution in [2.45, 2.75) is 16.7 Å². The van der Waals surface area contributed by atoms with Crippen LogP contribution in [0.3, 0.4) is 0 Å². The van der Waals surface area contributed by atoms with E-state index in [4.69, 9.17) is 0 Å². The van der Waals surface area contributed by atoms with E-state index in [0.717, 1.165) is 17.8 Å². The van der Waals surface area contributed by atoms with Crippen molar-refractivity contribution in [3.63, 3.8) is 0 Å². The molecule has 0 atom stereocenters. The van der Waals surface area contributed by atoms with E-state index in [1.54, 1.807) is 24.3 Å². The highest BCUT2D eigenvalue weighted by Gasteiger charge is 2.09. The van der Waals surface area contributed by atoms with Crippen LogP contribution < -0.4 is 10.9 Å². The van der Waals surface area contributed by atoms with Gasteiger partial charge < -0.3 is 0 Å². The normalized spacial score (nSPS) is 10.4. The highest BCUT2D eigenvalue weighted by atomic mass is 32.2. The lowest BCUT2D eigenvalue weighted by molar-refractivity contribution is 0.0934. The second kappa shape index (κ2) is 7.19. The summed E-state index contributed by atoms with van der Waals surface area (Å²) in [5.41, 5.74) is 5.72. The number of nitrogens with one attached hydrogen (secondary N) is 2. The van der Waals surface area contributed by atoms with Gasteiger partial charge in [0.15, 0.2) is 0 Å². The number of amides is 1. The van der Waals surface area contributed by atoms with Gasteiger partial charge in [-0.25, -0.2) is 14.2 Å². The SMILES string of the molecule is CCNNC(=O)c1cccc(Sc2ccc(F)cc2F)c1. The highest BCUT2D eigenvalue weighted by Crippen LogP contribution is 2.30. The summed E-state index contributed by atoms with van der Waals surface area (Å²) in [6.07, 6.45) is 0. The molecule has 0 saturated carbocycles. The Kier molecular flexibility index (Phi) is 5.30. The summed E-state index contributed by atoms with van der Waals surface area (Å²) in [7, 11) is 0. The summed E-state index contributed by atoms with van der Waals surface area (Å²) in [6, 6.07) is 10.2. The van der Waals surface area contributed by atoms with Crippen LogP contribution in [0.2, 0.25) is 0 Å². The first-order valence-electron chi connectivity index (χ1n) is 6.36. The van der Waals surface area contributed by atoms with Crippen molar-refractivity contribution in [2.24, 2.45) is 0 Å². The summed E-state index contributed by atoms with van der Waals surface area (Å²) in [5, 5.41) is 0. The monoisotopic (exact) mass is 308 g/mol. The second-order valence-electron chi connectivity index (χ2n) is 4.19. The van der Waals surface area contributed by atoms with Crippen LogP contribution in [0, 0.1) is 11.6 Å². The molecule has 2 rings (SSSR count). The van der Waals surface area contributed by atoms with Gasteiger partial charge in [0.05, 0.1) is 0 Å². The van der Waals surface area contributed by atoms with Gasteiger partial charge in [0.25, 0.3) is 5.91 Å². The zero-order chi connectivity index (χ0) is 15.2. The molecule has 110 valence electrons. The number of benzene rings is 2. The highest BCUT2D eigenvalue weighted by molar-refractivity contribution is 7.99. The molecule has 2 N–H and O–H groups in total. The fraction of sp³-hybridized carbons (Fsp3) is 0.133. The Balaban J connectivity index is 2.15. The number of rotatable bonds is 5. The van der Waals surface area contributed by atoms with Gasteiger partial charge in [0.2, 0.25) is 0 Å². The van der Waals surface area contributed by atoms with Crippen LogP contribution in [0.25, 0.3) is 0 Å². The Labute approximate surface area is 125 Å². The van der Waals surface area contributed by atoms with Crippen LogP contribution in [-0.2, 0) is 0 Å². The van der Waals surface area contributed by atoms with Crippen LogP contribution in [0.1, 0.15) is 17.3 Å². The summed E-state index contributed by atoms with van der Waals surface area (Å²) < 4.78 is 26.5. The molecule has 3 nitrogen and oxygen atoms in total. The molecular weight excluding hydrogens is 294 g/mol. The number of hydrazine groups is 1. The van der Waals surface area contributed by atoms with Crippen LogP contribution in [0.15, 0.2) is 52.3 Å². The molecule has 0 fully saturated rings. The maximum Gasteiger partial charge on any atom is 0.265 e. The van der Waals surface area contributed by atoms with E-state index in [1.807, 2.05) is 6.92 Å². The number of carbonyl (C=O) groups is 1. The Hall–Kier alpha value is -1.92. The molecule has 0 saturated heterocycles. The van der Waals surface area contributed by atoms with Crippen molar-refractivity contribution in [1.82, 2.24) is 10.9 Å². The van der Waals surface area contributed by atoms with Gasteiger partial charge in [-0.2, -0.15) is 0 Å². The van der Waals surface area contributed by atoms with Gasteiger partial charge >= 0.3 is 0 Å². The number of hydrogen-bond acceptors (Lipinski definition) is 3. The Morgan fingerprint density at radius 3 is 2.71 bits per heavy atom. The van der Waals surface area contributed by atoms with E-state index in [-0.39, 0.29) is 5.91 Å². The maximum atomic E-state index is 13.6. The fourth-order valence-electron chi connectivity index (χ4n) is 1.63. The number of carbonyl (C=O) groups excluding carboxylic acids is 1. The van der Waals surface area contributed by atoms with Crippen molar-refractivity contribution in [3.05, 3.63) is 59.7 Å². The zero-order valence-corrected chi connectivity index (χ0v) is 12.1. The van der Waals surface area contributed by atoms with Crippen LogP contribution >= 0.6 is 11.8 Å². The Morgan fingerprint density at radius 2 is 2.00 bits per heavy atom. The Morgan fingerprint density at radius 1 is 1.19 bits per heavy atom. The van der Waals surface area contributed by atoms with Crippen molar-refractivity contribution < 1.29 is 13.6 Å². The van der Waals surface area contributed by atoms with Crippen LogP contribution in [0.4, 0.5) is 8.78 Å². The van der Waals surface area contributed by atoms with E-state index in [2.05, 4.69) is 10.9 Å². The van der Waals surface area contributed by atoms with Gasteiger partial charge in [-0.3, -0.25) is 10.2 Å². The Bertz CT molecular complexity index is 649. The largest absolute Gasteiger partial charge is 0.287 e. The molecular formula is C15H14F2N2OS. The second-order valence-corrected chi connectivity index (χ2v) is 5.30. The third kappa shape index (κ3) is 4.27. The van der Waals surface area contributed by atoms with E-state index in [1.165, 1.54) is 12.1 Å². The predicted molar refractivity (Wildman–Crippen MR) is 78.1 cm³/mol. The molecule has 0 radical (unpaired) electrons. The average molecular weight is 308 g/mol. The van der Waals surface area contributed by atoms with E-state index in [9.17, 15) is 13.6 Å². The van der Waals surface area contributed by atoms with Crippen molar-refractivity contribution in [2.75, 3.05) is 6.54 Å². The molecule has 0 aliphatic carbocycles. The molecule has 0 heterocycles. The third-order valence-electron chi connectivity index (χ3n) is 2.60. The minimum atomic E-state index is -0.623. The van der Waals surface area contributed by atoms with Gasteiger partial charge in [0.1, 0.15) is 11.6 Å². The molecule has 0 bridgehead atoms. The quantitative estimate of drug-likeness (QED) is 0.832. The summed E-state index contributed by atoms with van der Waals surface area (Å²) >= 11 is 1.14. The summed E-state index contributed by atoms with van der Waals surface area (Å²) in [4.78, 5) is 12.8. The lowest BCUT2D eigenvalue weighted by atomic mass is 10.2. The molecule has 0 spiro atoms. The molecule has 2 aromatic carbocycles. The predicted octanol–water partition coefficient (Wildman–Crippen LogP) is 3.37. The first-order chi connectivity index (χ1) is 10.1. The van der Waals surface area contributed by atoms with Gasteiger partial charge in [-0.05, 0) is 30.3 Å². The fourth-order valence-corrected chi connectivity index (χ4v) is 2.51. The van der Waals surface area contributed by atoms with Crippen molar-refractivity contribution >= 4 is 17.7 Å². The number of halogens is 2. The number of hydrogen-bond donors (Lipinski definition) is 2. The van der Waals surface area contributed by atoms with Crippen LogP contribution in [-0.4, -0.2) is 12.5 Å². The maximum absolute atomic E-state index is 13.6. The van der Waals surface area contributed by atoms with Crippen molar-refractivity contribution in [3.8, 4) is 0 Å². The molecule has 0 aliphatic rings. The van der Waals surface area contributed by atoms with E-state index in [0.29, 0.717) is 21.9 Å². The molecule has 0 unspecified atom stereocenters. The molecule has 1 amide bonds. The molecule has 2 aromatic rings. The summed E-state index contributed by atoms with van der Waals surface area (Å²) in [5.74, 6) is -1.50. The van der Waals surface area contributed by atoms with Gasteiger partial charge in [-0.15, -0.1) is 0 Å². The summed E-state index contributed by atoms with van der Waals surface area (Å²) in [6.45, 7) is 2.48. The van der Waals surface area contributed by atoms with E-state index < -0.39 is 11.6 Å². The standard InChI is InChI=1S/C15H14F2N2OS/c1-2-18-19-15(20)10-4-3-5-12(8-10)21-14-7-6-11(16)9-13(14)17/h3-9,18H,2H2,1H3,(H,19,20). The minimum absolute atomic E-state index is 0.265. The zero-order valence-electron chi connectivity index (χ0n) is 11.3. The van der Waals surface area contributed by atoms with Gasteiger partial charge in [-0.1, -0.05) is 24.8 Å². The minimum Gasteiger partial charge on any atom is -0.287 e. The van der Waals surface area contributed by atoms with Gasteiger partial charge in [0, 0.05) is 28.0 Å². The molecule has 21 heavy (non-hydrogen) atoms. The van der Waals surface area contributed by atoms with Crippen LogP contribution in [0.5, 0.6) is 0 Å². The molecule has 0 aliphatic heterocycles. The molecule has 6 heteroatoms. The first-order valence-corrected chi connectivity index (χ1v) is 7.18. The smallest absolute Gasteiger partial charge is 0.265 e. The average Bonchev–Trinajstić information content (AvgIpc) is 2.48.